The van der Waals surface area contributed by atoms with E-state index in [1.807, 2.05) is 20.8 Å². The Morgan fingerprint density at radius 2 is 2.13 bits per heavy atom. The van der Waals surface area contributed by atoms with Crippen LogP contribution in [0, 0.1) is 5.82 Å². The van der Waals surface area contributed by atoms with Crippen LogP contribution in [0.3, 0.4) is 0 Å². The third-order valence-electron chi connectivity index (χ3n) is 2.42. The molecule has 2 aromatic heterocycles. The predicted octanol–water partition coefficient (Wildman–Crippen LogP) is 2.78. The lowest BCUT2D eigenvalue weighted by Gasteiger charge is -2.06. The van der Waals surface area contributed by atoms with Crippen LogP contribution in [0.15, 0.2) is 6.20 Å². The molecule has 80 valence electrons. The van der Waals surface area contributed by atoms with Crippen molar-refractivity contribution in [2.75, 3.05) is 0 Å². The highest BCUT2D eigenvalue weighted by atomic mass is 19.1. The van der Waals surface area contributed by atoms with E-state index in [0.717, 1.165) is 17.6 Å². The lowest BCUT2D eigenvalue weighted by Crippen LogP contribution is -2.02. The SMILES string of the molecule is CCc1nc(C(C)C)nc2c(F)c[nH]c12. The van der Waals surface area contributed by atoms with Crippen molar-refractivity contribution in [2.45, 2.75) is 33.1 Å². The lowest BCUT2D eigenvalue weighted by atomic mass is 10.2. The number of hydrogen-bond donors (Lipinski definition) is 1. The molecule has 0 spiro atoms. The van der Waals surface area contributed by atoms with E-state index in [0.29, 0.717) is 11.3 Å². The summed E-state index contributed by atoms with van der Waals surface area (Å²) in [5, 5.41) is 0. The minimum atomic E-state index is -0.302. The minimum Gasteiger partial charge on any atom is -0.356 e. The van der Waals surface area contributed by atoms with Gasteiger partial charge in [-0.2, -0.15) is 0 Å². The van der Waals surface area contributed by atoms with Gasteiger partial charge in [-0.15, -0.1) is 0 Å². The largest absolute Gasteiger partial charge is 0.356 e. The highest BCUT2D eigenvalue weighted by molar-refractivity contribution is 5.77. The minimum absolute atomic E-state index is 0.217. The molecule has 0 amide bonds. The summed E-state index contributed by atoms with van der Waals surface area (Å²) in [7, 11) is 0. The molecule has 0 aromatic carbocycles. The Morgan fingerprint density at radius 1 is 1.40 bits per heavy atom. The average molecular weight is 207 g/mol. The number of fused-ring (bicyclic) bond motifs is 1. The number of rotatable bonds is 2. The van der Waals surface area contributed by atoms with Gasteiger partial charge in [0.1, 0.15) is 11.3 Å². The molecule has 4 heteroatoms. The lowest BCUT2D eigenvalue weighted by molar-refractivity contribution is 0.634. The predicted molar refractivity (Wildman–Crippen MR) is 57.3 cm³/mol. The molecule has 15 heavy (non-hydrogen) atoms. The number of hydrogen-bond acceptors (Lipinski definition) is 2. The van der Waals surface area contributed by atoms with Gasteiger partial charge < -0.3 is 4.98 Å². The molecule has 2 aromatic rings. The van der Waals surface area contributed by atoms with Crippen molar-refractivity contribution in [2.24, 2.45) is 0 Å². The third-order valence-corrected chi connectivity index (χ3v) is 2.42. The van der Waals surface area contributed by atoms with Gasteiger partial charge in [0.25, 0.3) is 0 Å². The van der Waals surface area contributed by atoms with E-state index in [4.69, 9.17) is 0 Å². The molecular formula is C11H14FN3. The maximum atomic E-state index is 13.4. The zero-order valence-electron chi connectivity index (χ0n) is 9.13. The zero-order valence-corrected chi connectivity index (χ0v) is 9.13. The molecule has 0 saturated heterocycles. The summed E-state index contributed by atoms with van der Waals surface area (Å²) in [4.78, 5) is 11.5. The van der Waals surface area contributed by atoms with Crippen molar-refractivity contribution in [1.82, 2.24) is 15.0 Å². The Labute approximate surface area is 87.8 Å². The van der Waals surface area contributed by atoms with Crippen molar-refractivity contribution in [1.29, 1.82) is 0 Å². The Hall–Kier alpha value is -1.45. The first kappa shape index (κ1) is 10.1. The quantitative estimate of drug-likeness (QED) is 0.822. The molecule has 0 atom stereocenters. The fraction of sp³-hybridized carbons (Fsp3) is 0.455. The molecule has 0 saturated carbocycles. The number of halogens is 1. The summed E-state index contributed by atoms with van der Waals surface area (Å²) >= 11 is 0. The molecule has 0 fully saturated rings. The molecule has 0 aliphatic heterocycles. The van der Waals surface area contributed by atoms with Gasteiger partial charge in [-0.05, 0) is 6.42 Å². The highest BCUT2D eigenvalue weighted by Gasteiger charge is 2.13. The van der Waals surface area contributed by atoms with Crippen molar-refractivity contribution >= 4 is 11.0 Å². The first-order chi connectivity index (χ1) is 7.13. The number of aromatic amines is 1. The summed E-state index contributed by atoms with van der Waals surface area (Å²) in [5.41, 5.74) is 2.01. The van der Waals surface area contributed by atoms with Crippen molar-refractivity contribution in [3.8, 4) is 0 Å². The molecular weight excluding hydrogens is 193 g/mol. The van der Waals surface area contributed by atoms with Crippen LogP contribution >= 0.6 is 0 Å². The first-order valence-corrected chi connectivity index (χ1v) is 5.16. The van der Waals surface area contributed by atoms with E-state index in [2.05, 4.69) is 15.0 Å². The van der Waals surface area contributed by atoms with Crippen LogP contribution in [-0.2, 0) is 6.42 Å². The van der Waals surface area contributed by atoms with Crippen LogP contribution in [0.1, 0.15) is 38.2 Å². The van der Waals surface area contributed by atoms with Gasteiger partial charge in [0, 0.05) is 12.1 Å². The van der Waals surface area contributed by atoms with Gasteiger partial charge in [-0.3, -0.25) is 0 Å². The van der Waals surface area contributed by atoms with Crippen LogP contribution in [0.2, 0.25) is 0 Å². The third kappa shape index (κ3) is 1.60. The normalized spacial score (nSPS) is 11.5. The second-order valence-corrected chi connectivity index (χ2v) is 3.90. The fourth-order valence-electron chi connectivity index (χ4n) is 1.57. The molecule has 3 nitrogen and oxygen atoms in total. The molecule has 0 aliphatic rings. The average Bonchev–Trinajstić information content (AvgIpc) is 2.59. The molecule has 1 N–H and O–H groups in total. The van der Waals surface area contributed by atoms with Crippen molar-refractivity contribution in [3.05, 3.63) is 23.5 Å². The molecule has 0 radical (unpaired) electrons. The first-order valence-electron chi connectivity index (χ1n) is 5.16. The Bertz CT molecular complexity index is 488. The van der Waals surface area contributed by atoms with E-state index in [9.17, 15) is 4.39 Å². The standard InChI is InChI=1S/C11H14FN3/c1-4-8-10-9(7(12)5-13-10)15-11(14-8)6(2)3/h5-6,13H,4H2,1-3H3. The molecule has 0 aliphatic carbocycles. The Kier molecular flexibility index (Phi) is 2.42. The van der Waals surface area contributed by atoms with Gasteiger partial charge in [-0.25, -0.2) is 14.4 Å². The number of aryl methyl sites for hydroxylation is 1. The molecule has 0 bridgehead atoms. The summed E-state index contributed by atoms with van der Waals surface area (Å²) in [6.07, 6.45) is 2.11. The van der Waals surface area contributed by atoms with Gasteiger partial charge >= 0.3 is 0 Å². The van der Waals surface area contributed by atoms with Crippen molar-refractivity contribution in [3.63, 3.8) is 0 Å². The molecule has 2 heterocycles. The van der Waals surface area contributed by atoms with Gasteiger partial charge in [0.15, 0.2) is 5.82 Å². The van der Waals surface area contributed by atoms with Crippen LogP contribution in [0.4, 0.5) is 4.39 Å². The fourth-order valence-corrected chi connectivity index (χ4v) is 1.57. The molecule has 2 rings (SSSR count). The summed E-state index contributed by atoms with van der Waals surface area (Å²) < 4.78 is 13.4. The maximum Gasteiger partial charge on any atom is 0.167 e. The topological polar surface area (TPSA) is 41.6 Å². The van der Waals surface area contributed by atoms with E-state index in [1.165, 1.54) is 6.20 Å². The second kappa shape index (κ2) is 3.61. The van der Waals surface area contributed by atoms with Crippen LogP contribution in [0.5, 0.6) is 0 Å². The van der Waals surface area contributed by atoms with Gasteiger partial charge in [-0.1, -0.05) is 20.8 Å². The van der Waals surface area contributed by atoms with Crippen LogP contribution in [-0.4, -0.2) is 15.0 Å². The number of nitrogens with one attached hydrogen (secondary N) is 1. The van der Waals surface area contributed by atoms with Crippen molar-refractivity contribution < 1.29 is 4.39 Å². The number of H-pyrrole nitrogens is 1. The summed E-state index contributed by atoms with van der Waals surface area (Å²) in [5.74, 6) is 0.621. The van der Waals surface area contributed by atoms with Crippen LogP contribution in [0.25, 0.3) is 11.0 Å². The highest BCUT2D eigenvalue weighted by Crippen LogP contribution is 2.20. The smallest absolute Gasteiger partial charge is 0.167 e. The Balaban J connectivity index is 2.74. The van der Waals surface area contributed by atoms with Gasteiger partial charge in [0.2, 0.25) is 0 Å². The second-order valence-electron chi connectivity index (χ2n) is 3.90. The van der Waals surface area contributed by atoms with E-state index in [1.54, 1.807) is 0 Å². The van der Waals surface area contributed by atoms with E-state index in [-0.39, 0.29) is 11.7 Å². The maximum absolute atomic E-state index is 13.4. The van der Waals surface area contributed by atoms with E-state index >= 15 is 0 Å². The van der Waals surface area contributed by atoms with E-state index < -0.39 is 0 Å². The summed E-state index contributed by atoms with van der Waals surface area (Å²) in [6.45, 7) is 6.01. The Morgan fingerprint density at radius 3 is 2.73 bits per heavy atom. The zero-order chi connectivity index (χ0) is 11.0. The monoisotopic (exact) mass is 207 g/mol. The molecule has 0 unspecified atom stereocenters. The number of nitrogens with zero attached hydrogens (tertiary/aromatic N) is 2. The number of aromatic nitrogens is 3. The van der Waals surface area contributed by atoms with Gasteiger partial charge in [0.05, 0.1) is 11.2 Å². The summed E-state index contributed by atoms with van der Waals surface area (Å²) in [6, 6.07) is 0. The van der Waals surface area contributed by atoms with Crippen LogP contribution < -0.4 is 0 Å².